The summed E-state index contributed by atoms with van der Waals surface area (Å²) in [5, 5.41) is 9.24. The molecular formula is C21H20FN3O4S. The van der Waals surface area contributed by atoms with E-state index in [0.29, 0.717) is 5.00 Å². The molecule has 0 bridgehead atoms. The summed E-state index contributed by atoms with van der Waals surface area (Å²) in [4.78, 5) is 38.4. The Kier molecular flexibility index (Phi) is 5.63. The zero-order valence-corrected chi connectivity index (χ0v) is 17.1. The van der Waals surface area contributed by atoms with Gasteiger partial charge in [0.05, 0.1) is 12.0 Å². The van der Waals surface area contributed by atoms with Gasteiger partial charge >= 0.3 is 5.97 Å². The fraction of sp³-hybridized carbons (Fsp3) is 0.333. The van der Waals surface area contributed by atoms with E-state index in [1.807, 2.05) is 0 Å². The van der Waals surface area contributed by atoms with Gasteiger partial charge < -0.3 is 10.1 Å². The van der Waals surface area contributed by atoms with Gasteiger partial charge in [0, 0.05) is 16.7 Å². The van der Waals surface area contributed by atoms with Gasteiger partial charge in [-0.25, -0.2) is 9.18 Å². The van der Waals surface area contributed by atoms with Crippen LogP contribution in [0.4, 0.5) is 9.39 Å². The van der Waals surface area contributed by atoms with Gasteiger partial charge in [-0.15, -0.1) is 11.3 Å². The Morgan fingerprint density at radius 3 is 2.73 bits per heavy atom. The van der Waals surface area contributed by atoms with E-state index in [1.54, 1.807) is 18.4 Å². The maximum absolute atomic E-state index is 14.4. The predicted molar refractivity (Wildman–Crippen MR) is 112 cm³/mol. The summed E-state index contributed by atoms with van der Waals surface area (Å²) in [6, 6.07) is 5.66. The number of carbonyl (C=O) groups is 2. The standard InChI is InChI=1S/C21H20FN3O4S/c1-2-29-21(28)17-13-11-30-19(23-18(26)12-7-3-4-8-12)16(13)20(27)25(24-17)15-10-6-5-9-14(15)22/h5-6,9-12H,2-4,7-8H2,1H3,(H,23,26). The number of fused-ring (bicyclic) bond motifs is 1. The third kappa shape index (κ3) is 3.60. The molecule has 156 valence electrons. The summed E-state index contributed by atoms with van der Waals surface area (Å²) < 4.78 is 20.3. The Balaban J connectivity index is 1.89. The number of carbonyl (C=O) groups excluding carboxylic acids is 2. The van der Waals surface area contributed by atoms with Crippen molar-refractivity contribution in [3.63, 3.8) is 0 Å². The molecule has 1 amide bonds. The number of esters is 1. The molecule has 7 nitrogen and oxygen atoms in total. The highest BCUT2D eigenvalue weighted by Crippen LogP contribution is 2.33. The van der Waals surface area contributed by atoms with Crippen molar-refractivity contribution in [1.29, 1.82) is 0 Å². The molecule has 1 aliphatic rings. The fourth-order valence-corrected chi connectivity index (χ4v) is 4.62. The number of amides is 1. The largest absolute Gasteiger partial charge is 0.461 e. The summed E-state index contributed by atoms with van der Waals surface area (Å²) in [6.07, 6.45) is 3.62. The van der Waals surface area contributed by atoms with E-state index >= 15 is 0 Å². The third-order valence-electron chi connectivity index (χ3n) is 5.16. The SMILES string of the molecule is CCOC(=O)c1nn(-c2ccccc2F)c(=O)c2c(NC(=O)C3CCCC3)scc12. The lowest BCUT2D eigenvalue weighted by Gasteiger charge is -2.11. The van der Waals surface area contributed by atoms with E-state index in [1.165, 1.54) is 18.2 Å². The maximum Gasteiger partial charge on any atom is 0.359 e. The monoisotopic (exact) mass is 429 g/mol. The molecule has 0 spiro atoms. The highest BCUT2D eigenvalue weighted by molar-refractivity contribution is 7.16. The molecule has 2 heterocycles. The molecule has 0 saturated heterocycles. The zero-order valence-electron chi connectivity index (χ0n) is 16.3. The third-order valence-corrected chi connectivity index (χ3v) is 6.06. The molecule has 30 heavy (non-hydrogen) atoms. The number of hydrogen-bond acceptors (Lipinski definition) is 6. The van der Waals surface area contributed by atoms with E-state index < -0.39 is 17.3 Å². The number of thiophene rings is 1. The summed E-state index contributed by atoms with van der Waals surface area (Å²) in [5.74, 6) is -1.63. The first-order valence-corrected chi connectivity index (χ1v) is 10.7. The molecule has 0 radical (unpaired) electrons. The molecule has 3 aromatic rings. The second kappa shape index (κ2) is 8.35. The number of anilines is 1. The highest BCUT2D eigenvalue weighted by atomic mass is 32.1. The molecule has 1 fully saturated rings. The number of ether oxygens (including phenoxy) is 1. The Morgan fingerprint density at radius 1 is 1.30 bits per heavy atom. The van der Waals surface area contributed by atoms with Crippen LogP contribution in [-0.2, 0) is 9.53 Å². The van der Waals surface area contributed by atoms with Crippen LogP contribution in [0, 0.1) is 11.7 Å². The van der Waals surface area contributed by atoms with Crippen LogP contribution in [0.1, 0.15) is 43.1 Å². The van der Waals surface area contributed by atoms with Crippen LogP contribution in [-0.4, -0.2) is 28.3 Å². The molecule has 0 atom stereocenters. The molecule has 9 heteroatoms. The second-order valence-corrected chi connectivity index (χ2v) is 7.94. The van der Waals surface area contributed by atoms with E-state index in [9.17, 15) is 18.8 Å². The van der Waals surface area contributed by atoms with Crippen molar-refractivity contribution in [1.82, 2.24) is 9.78 Å². The minimum absolute atomic E-state index is 0.0887. The summed E-state index contributed by atoms with van der Waals surface area (Å²) in [7, 11) is 0. The van der Waals surface area contributed by atoms with Gasteiger partial charge in [-0.1, -0.05) is 25.0 Å². The van der Waals surface area contributed by atoms with Crippen LogP contribution in [0.3, 0.4) is 0 Å². The molecule has 2 aromatic heterocycles. The Hall–Kier alpha value is -3.07. The van der Waals surface area contributed by atoms with Crippen molar-refractivity contribution in [3.8, 4) is 5.69 Å². The van der Waals surface area contributed by atoms with Gasteiger partial charge in [-0.3, -0.25) is 9.59 Å². The minimum atomic E-state index is -0.723. The summed E-state index contributed by atoms with van der Waals surface area (Å²) >= 11 is 1.14. The van der Waals surface area contributed by atoms with E-state index in [2.05, 4.69) is 10.4 Å². The van der Waals surface area contributed by atoms with Crippen LogP contribution in [0.15, 0.2) is 34.4 Å². The first kappa shape index (κ1) is 20.2. The maximum atomic E-state index is 14.4. The molecule has 0 unspecified atom stereocenters. The molecule has 0 aliphatic heterocycles. The zero-order chi connectivity index (χ0) is 21.3. The van der Waals surface area contributed by atoms with Crippen LogP contribution in [0.2, 0.25) is 0 Å². The first-order valence-electron chi connectivity index (χ1n) is 9.78. The quantitative estimate of drug-likeness (QED) is 0.622. The van der Waals surface area contributed by atoms with Gasteiger partial charge in [0.25, 0.3) is 5.56 Å². The molecule has 1 saturated carbocycles. The van der Waals surface area contributed by atoms with Gasteiger partial charge in [-0.05, 0) is 31.9 Å². The average molecular weight is 429 g/mol. The first-order chi connectivity index (χ1) is 14.5. The number of benzene rings is 1. The van der Waals surface area contributed by atoms with Crippen LogP contribution in [0.5, 0.6) is 0 Å². The Labute approximate surface area is 175 Å². The molecule has 1 aromatic carbocycles. The van der Waals surface area contributed by atoms with Crippen LogP contribution >= 0.6 is 11.3 Å². The number of nitrogens with one attached hydrogen (secondary N) is 1. The smallest absolute Gasteiger partial charge is 0.359 e. The number of hydrogen-bond donors (Lipinski definition) is 1. The number of halogens is 1. The second-order valence-electron chi connectivity index (χ2n) is 7.06. The van der Waals surface area contributed by atoms with Gasteiger partial charge in [0.15, 0.2) is 5.69 Å². The van der Waals surface area contributed by atoms with E-state index in [-0.39, 0.29) is 40.6 Å². The topological polar surface area (TPSA) is 90.3 Å². The number of para-hydroxylation sites is 1. The summed E-state index contributed by atoms with van der Waals surface area (Å²) in [5.41, 5.74) is -0.812. The van der Waals surface area contributed by atoms with Crippen molar-refractivity contribution in [2.24, 2.45) is 5.92 Å². The number of nitrogens with zero attached hydrogens (tertiary/aromatic N) is 2. The van der Waals surface area contributed by atoms with Crippen molar-refractivity contribution in [2.75, 3.05) is 11.9 Å². The van der Waals surface area contributed by atoms with Crippen molar-refractivity contribution in [3.05, 3.63) is 51.5 Å². The summed E-state index contributed by atoms with van der Waals surface area (Å²) in [6.45, 7) is 1.78. The van der Waals surface area contributed by atoms with Gasteiger partial charge in [-0.2, -0.15) is 9.78 Å². The normalized spacial score (nSPS) is 14.2. The molecule has 1 aliphatic carbocycles. The Morgan fingerprint density at radius 2 is 2.03 bits per heavy atom. The van der Waals surface area contributed by atoms with Crippen molar-refractivity contribution < 1.29 is 18.7 Å². The number of aromatic nitrogens is 2. The highest BCUT2D eigenvalue weighted by Gasteiger charge is 2.27. The predicted octanol–water partition coefficient (Wildman–Crippen LogP) is 3.89. The molecule has 4 rings (SSSR count). The lowest BCUT2D eigenvalue weighted by Crippen LogP contribution is -2.27. The van der Waals surface area contributed by atoms with Crippen molar-refractivity contribution in [2.45, 2.75) is 32.6 Å². The lowest BCUT2D eigenvalue weighted by molar-refractivity contribution is -0.119. The Bertz CT molecular complexity index is 1180. The average Bonchev–Trinajstić information content (AvgIpc) is 3.40. The molecule has 1 N–H and O–H groups in total. The van der Waals surface area contributed by atoms with E-state index in [0.717, 1.165) is 41.7 Å². The lowest BCUT2D eigenvalue weighted by atomic mass is 10.1. The van der Waals surface area contributed by atoms with Crippen LogP contribution in [0.25, 0.3) is 16.5 Å². The van der Waals surface area contributed by atoms with E-state index in [4.69, 9.17) is 4.74 Å². The van der Waals surface area contributed by atoms with Crippen molar-refractivity contribution >= 4 is 39.0 Å². The van der Waals surface area contributed by atoms with Crippen LogP contribution < -0.4 is 10.9 Å². The fourth-order valence-electron chi connectivity index (χ4n) is 3.68. The van der Waals surface area contributed by atoms with Gasteiger partial charge in [0.1, 0.15) is 16.5 Å². The molecular weight excluding hydrogens is 409 g/mol. The van der Waals surface area contributed by atoms with Gasteiger partial charge in [0.2, 0.25) is 5.91 Å². The minimum Gasteiger partial charge on any atom is -0.461 e. The number of rotatable bonds is 5.